The molecule has 152 valence electrons. The lowest BCUT2D eigenvalue weighted by atomic mass is 10.0. The number of hydrogen-bond donors (Lipinski definition) is 2. The van der Waals surface area contributed by atoms with E-state index in [1.165, 1.54) is 26.4 Å². The summed E-state index contributed by atoms with van der Waals surface area (Å²) in [4.78, 5) is 35.5. The van der Waals surface area contributed by atoms with E-state index >= 15 is 0 Å². The summed E-state index contributed by atoms with van der Waals surface area (Å²) in [7, 11) is 2.89. The van der Waals surface area contributed by atoms with Crippen molar-refractivity contribution in [3.05, 3.63) is 34.2 Å². The van der Waals surface area contributed by atoms with Gasteiger partial charge in [0, 0.05) is 23.9 Å². The zero-order chi connectivity index (χ0) is 21.1. The summed E-state index contributed by atoms with van der Waals surface area (Å²) >= 11 is 0. The molecule has 0 unspecified atom stereocenters. The SMILES string of the molecule is COc1cc2oc(=O)cc(C[C@H](NC(=O)OC(C)(C)C)C(=O)O)c2cc1OC. The van der Waals surface area contributed by atoms with Gasteiger partial charge in [0.2, 0.25) is 0 Å². The Balaban J connectivity index is 2.42. The molecule has 2 N–H and O–H groups in total. The highest BCUT2D eigenvalue weighted by Crippen LogP contribution is 2.33. The van der Waals surface area contributed by atoms with E-state index in [0.29, 0.717) is 22.4 Å². The number of carbonyl (C=O) groups is 2. The fourth-order valence-electron chi connectivity index (χ4n) is 2.59. The highest BCUT2D eigenvalue weighted by molar-refractivity contribution is 5.86. The zero-order valence-electron chi connectivity index (χ0n) is 16.3. The van der Waals surface area contributed by atoms with Crippen LogP contribution in [0.1, 0.15) is 26.3 Å². The molecular weight excluding hydrogens is 370 g/mol. The summed E-state index contributed by atoms with van der Waals surface area (Å²) in [6.45, 7) is 4.99. The molecular formula is C19H23NO8. The molecule has 0 radical (unpaired) electrons. The lowest BCUT2D eigenvalue weighted by Crippen LogP contribution is -2.44. The van der Waals surface area contributed by atoms with Crippen LogP contribution in [-0.4, -0.2) is 43.0 Å². The largest absolute Gasteiger partial charge is 0.493 e. The van der Waals surface area contributed by atoms with Crippen molar-refractivity contribution < 1.29 is 33.3 Å². The summed E-state index contributed by atoms with van der Waals surface area (Å²) < 4.78 is 20.7. The lowest BCUT2D eigenvalue weighted by molar-refractivity contribution is -0.139. The predicted molar refractivity (Wildman–Crippen MR) is 100 cm³/mol. The van der Waals surface area contributed by atoms with Gasteiger partial charge in [-0.1, -0.05) is 0 Å². The van der Waals surface area contributed by atoms with E-state index in [0.717, 1.165) is 0 Å². The van der Waals surface area contributed by atoms with Crippen LogP contribution in [0, 0.1) is 0 Å². The number of carbonyl (C=O) groups excluding carboxylic acids is 1. The van der Waals surface area contributed by atoms with Gasteiger partial charge in [-0.05, 0) is 32.4 Å². The van der Waals surface area contributed by atoms with Crippen LogP contribution < -0.4 is 20.4 Å². The smallest absolute Gasteiger partial charge is 0.408 e. The van der Waals surface area contributed by atoms with Crippen LogP contribution in [0.15, 0.2) is 27.4 Å². The molecule has 9 heteroatoms. The van der Waals surface area contributed by atoms with Crippen LogP contribution in [0.3, 0.4) is 0 Å². The molecule has 28 heavy (non-hydrogen) atoms. The van der Waals surface area contributed by atoms with Gasteiger partial charge in [0.1, 0.15) is 17.2 Å². The van der Waals surface area contributed by atoms with Gasteiger partial charge in [-0.3, -0.25) is 0 Å². The molecule has 0 aliphatic rings. The number of amides is 1. The topological polar surface area (TPSA) is 124 Å². The number of benzene rings is 1. The Kier molecular flexibility index (Phi) is 6.17. The average molecular weight is 393 g/mol. The zero-order valence-corrected chi connectivity index (χ0v) is 16.3. The van der Waals surface area contributed by atoms with E-state index in [2.05, 4.69) is 5.32 Å². The maximum absolute atomic E-state index is 12.0. The maximum atomic E-state index is 12.0. The third-order valence-electron chi connectivity index (χ3n) is 3.75. The minimum Gasteiger partial charge on any atom is -0.493 e. The quantitative estimate of drug-likeness (QED) is 0.717. The summed E-state index contributed by atoms with van der Waals surface area (Å²) in [5.41, 5.74) is -0.856. The summed E-state index contributed by atoms with van der Waals surface area (Å²) in [6.07, 6.45) is -1.03. The van der Waals surface area contributed by atoms with Gasteiger partial charge in [-0.15, -0.1) is 0 Å². The van der Waals surface area contributed by atoms with Crippen LogP contribution in [0.4, 0.5) is 4.79 Å². The number of carboxylic acid groups (broad SMARTS) is 1. The van der Waals surface area contributed by atoms with Crippen molar-refractivity contribution in [2.75, 3.05) is 14.2 Å². The van der Waals surface area contributed by atoms with Crippen molar-refractivity contribution in [2.45, 2.75) is 38.8 Å². The lowest BCUT2D eigenvalue weighted by Gasteiger charge is -2.22. The molecule has 0 aliphatic heterocycles. The van der Waals surface area contributed by atoms with Crippen molar-refractivity contribution in [1.82, 2.24) is 5.32 Å². The van der Waals surface area contributed by atoms with E-state index in [4.69, 9.17) is 18.6 Å². The molecule has 2 aromatic rings. The van der Waals surface area contributed by atoms with Crippen molar-refractivity contribution >= 4 is 23.0 Å². The first-order valence-corrected chi connectivity index (χ1v) is 8.45. The molecule has 1 aromatic heterocycles. The highest BCUT2D eigenvalue weighted by Gasteiger charge is 2.25. The highest BCUT2D eigenvalue weighted by atomic mass is 16.6. The van der Waals surface area contributed by atoms with Crippen molar-refractivity contribution in [2.24, 2.45) is 0 Å². The molecule has 0 aliphatic carbocycles. The van der Waals surface area contributed by atoms with Crippen molar-refractivity contribution in [1.29, 1.82) is 0 Å². The summed E-state index contributed by atoms with van der Waals surface area (Å²) in [6, 6.07) is 2.93. The van der Waals surface area contributed by atoms with Gasteiger partial charge in [0.05, 0.1) is 14.2 Å². The van der Waals surface area contributed by atoms with Crippen LogP contribution in [0.5, 0.6) is 11.5 Å². The minimum atomic E-state index is -1.31. The van der Waals surface area contributed by atoms with Gasteiger partial charge in [-0.25, -0.2) is 14.4 Å². The van der Waals surface area contributed by atoms with Gasteiger partial charge < -0.3 is 29.1 Å². The third-order valence-corrected chi connectivity index (χ3v) is 3.75. The molecule has 9 nitrogen and oxygen atoms in total. The molecule has 0 bridgehead atoms. The normalized spacial score (nSPS) is 12.3. The number of aliphatic carboxylic acids is 1. The Hall–Kier alpha value is -3.23. The Labute approximate surface area is 161 Å². The van der Waals surface area contributed by atoms with Gasteiger partial charge in [0.25, 0.3) is 0 Å². The molecule has 0 saturated carbocycles. The fraction of sp³-hybridized carbons (Fsp3) is 0.421. The number of hydrogen-bond acceptors (Lipinski definition) is 7. The molecule has 1 amide bonds. The molecule has 1 aromatic carbocycles. The van der Waals surface area contributed by atoms with E-state index in [-0.39, 0.29) is 12.0 Å². The van der Waals surface area contributed by atoms with Crippen LogP contribution in [-0.2, 0) is 16.0 Å². The van der Waals surface area contributed by atoms with Gasteiger partial charge in [-0.2, -0.15) is 0 Å². The first-order chi connectivity index (χ1) is 13.0. The van der Waals surface area contributed by atoms with Crippen LogP contribution >= 0.6 is 0 Å². The first kappa shape index (κ1) is 21.1. The second kappa shape index (κ2) is 8.20. The number of fused-ring (bicyclic) bond motifs is 1. The van der Waals surface area contributed by atoms with Crippen molar-refractivity contribution in [3.63, 3.8) is 0 Å². The molecule has 0 fully saturated rings. The first-order valence-electron chi connectivity index (χ1n) is 8.45. The number of methoxy groups -OCH3 is 2. The monoisotopic (exact) mass is 393 g/mol. The van der Waals surface area contributed by atoms with Crippen LogP contribution in [0.2, 0.25) is 0 Å². The van der Waals surface area contributed by atoms with E-state index < -0.39 is 29.3 Å². The van der Waals surface area contributed by atoms with E-state index in [1.54, 1.807) is 26.8 Å². The Morgan fingerprint density at radius 1 is 1.14 bits per heavy atom. The predicted octanol–water partition coefficient (Wildman–Crippen LogP) is 2.33. The number of ether oxygens (including phenoxy) is 3. The Morgan fingerprint density at radius 2 is 1.75 bits per heavy atom. The van der Waals surface area contributed by atoms with Crippen molar-refractivity contribution in [3.8, 4) is 11.5 Å². The number of carboxylic acids is 1. The molecule has 0 saturated heterocycles. The number of nitrogens with one attached hydrogen (secondary N) is 1. The summed E-state index contributed by atoms with van der Waals surface area (Å²) in [5.74, 6) is -0.526. The average Bonchev–Trinajstić information content (AvgIpc) is 2.58. The minimum absolute atomic E-state index is 0.161. The van der Waals surface area contributed by atoms with E-state index in [9.17, 15) is 19.5 Å². The van der Waals surface area contributed by atoms with E-state index in [1.807, 2.05) is 0 Å². The standard InChI is InChI=1S/C19H23NO8/c1-19(2,3)28-18(24)20-12(17(22)23)6-10-7-16(21)27-13-9-15(26-5)14(25-4)8-11(10)13/h7-9,12H,6H2,1-5H3,(H,20,24)(H,22,23)/t12-/m0/s1. The molecule has 1 heterocycles. The maximum Gasteiger partial charge on any atom is 0.408 e. The second-order valence-electron chi connectivity index (χ2n) is 7.04. The number of rotatable bonds is 6. The van der Waals surface area contributed by atoms with Gasteiger partial charge >= 0.3 is 17.7 Å². The fourth-order valence-corrected chi connectivity index (χ4v) is 2.59. The second-order valence-corrected chi connectivity index (χ2v) is 7.04. The Bertz CT molecular complexity index is 941. The summed E-state index contributed by atoms with van der Waals surface area (Å²) in [5, 5.41) is 12.3. The third kappa shape index (κ3) is 5.15. The molecule has 0 spiro atoms. The number of alkyl carbamates (subject to hydrolysis) is 1. The molecule has 1 atom stereocenters. The molecule has 2 rings (SSSR count). The Morgan fingerprint density at radius 3 is 2.29 bits per heavy atom. The van der Waals surface area contributed by atoms with Crippen LogP contribution in [0.25, 0.3) is 11.0 Å². The van der Waals surface area contributed by atoms with Gasteiger partial charge in [0.15, 0.2) is 11.5 Å².